The van der Waals surface area contributed by atoms with Gasteiger partial charge in [0, 0.05) is 16.8 Å². The van der Waals surface area contributed by atoms with Crippen LogP contribution in [0.15, 0.2) is 115 Å². The smallest absolute Gasteiger partial charge is 0.0509 e. The largest absolute Gasteiger partial charge is 0.310 e. The number of hydrogen-bond donors (Lipinski definition) is 0. The first-order valence-electron chi connectivity index (χ1n) is 19.1. The van der Waals surface area contributed by atoms with Crippen LogP contribution in [0, 0.1) is 29.1 Å². The number of benzene rings is 5. The van der Waals surface area contributed by atoms with E-state index in [-0.39, 0.29) is 16.2 Å². The molecule has 6 aliphatic rings. The fourth-order valence-electron chi connectivity index (χ4n) is 13.1. The highest BCUT2D eigenvalue weighted by Gasteiger charge is 2.84. The van der Waals surface area contributed by atoms with Crippen molar-refractivity contribution in [3.63, 3.8) is 0 Å². The SMILES string of the molecule is CC1(C)CCC(C)(C)c2cc(N(c3ccc(-c4ccccc4)cc3)c3cccc4c3C3(c5ccccc5-4)C4CC5CC6CC3C64C5)ccc21. The number of fused-ring (bicyclic) bond motifs is 9. The molecular weight excluding hydrogens is 591 g/mol. The van der Waals surface area contributed by atoms with Crippen LogP contribution in [0.5, 0.6) is 0 Å². The molecule has 4 fully saturated rings. The van der Waals surface area contributed by atoms with Crippen LogP contribution in [0.4, 0.5) is 17.1 Å². The van der Waals surface area contributed by atoms with Crippen molar-refractivity contribution >= 4 is 17.1 Å². The summed E-state index contributed by atoms with van der Waals surface area (Å²) in [5.41, 5.74) is 16.8. The molecule has 5 aromatic rings. The van der Waals surface area contributed by atoms with E-state index in [2.05, 4.69) is 148 Å². The van der Waals surface area contributed by atoms with Crippen LogP contribution in [-0.2, 0) is 16.2 Å². The Kier molecular flexibility index (Phi) is 5.49. The molecule has 5 aromatic carbocycles. The average Bonchev–Trinajstić information content (AvgIpc) is 3.75. The van der Waals surface area contributed by atoms with Gasteiger partial charge in [0.2, 0.25) is 0 Å². The van der Waals surface area contributed by atoms with Crippen molar-refractivity contribution in [2.45, 2.75) is 82.5 Å². The van der Waals surface area contributed by atoms with E-state index in [0.717, 1.165) is 23.7 Å². The third kappa shape index (κ3) is 3.43. The van der Waals surface area contributed by atoms with E-state index in [1.807, 2.05) is 0 Å². The Morgan fingerprint density at radius 1 is 0.551 bits per heavy atom. The summed E-state index contributed by atoms with van der Waals surface area (Å²) < 4.78 is 0. The maximum absolute atomic E-state index is 2.66. The van der Waals surface area contributed by atoms with Gasteiger partial charge in [-0.3, -0.25) is 0 Å². The number of anilines is 3. The van der Waals surface area contributed by atoms with E-state index in [1.54, 1.807) is 11.1 Å². The van der Waals surface area contributed by atoms with Gasteiger partial charge in [-0.1, -0.05) is 113 Å². The van der Waals surface area contributed by atoms with E-state index in [1.165, 1.54) is 89.0 Å². The molecule has 11 rings (SSSR count). The van der Waals surface area contributed by atoms with Crippen LogP contribution in [-0.4, -0.2) is 0 Å². The second kappa shape index (κ2) is 9.36. The molecule has 2 spiro atoms. The summed E-state index contributed by atoms with van der Waals surface area (Å²) >= 11 is 0. The molecule has 2 bridgehead atoms. The highest BCUT2D eigenvalue weighted by molar-refractivity contribution is 5.92. The van der Waals surface area contributed by atoms with E-state index >= 15 is 0 Å². The number of rotatable bonds is 4. The predicted octanol–water partition coefficient (Wildman–Crippen LogP) is 12.5. The van der Waals surface area contributed by atoms with Crippen LogP contribution < -0.4 is 4.90 Å². The maximum Gasteiger partial charge on any atom is 0.0509 e. The first kappa shape index (κ1) is 28.7. The maximum atomic E-state index is 2.66. The summed E-state index contributed by atoms with van der Waals surface area (Å²) in [6.45, 7) is 9.82. The Morgan fingerprint density at radius 3 is 2.02 bits per heavy atom. The molecule has 244 valence electrons. The Bertz CT molecular complexity index is 2170. The Labute approximate surface area is 292 Å². The van der Waals surface area contributed by atoms with Gasteiger partial charge in [-0.05, 0) is 153 Å². The van der Waals surface area contributed by atoms with Gasteiger partial charge in [-0.2, -0.15) is 0 Å². The Hall–Kier alpha value is -4.10. The minimum Gasteiger partial charge on any atom is -0.310 e. The van der Waals surface area contributed by atoms with Gasteiger partial charge >= 0.3 is 0 Å². The quantitative estimate of drug-likeness (QED) is 0.189. The van der Waals surface area contributed by atoms with Gasteiger partial charge in [-0.25, -0.2) is 0 Å². The fraction of sp³-hybridized carbons (Fsp3) is 0.375. The van der Waals surface area contributed by atoms with Crippen LogP contribution in [0.3, 0.4) is 0 Å². The lowest BCUT2D eigenvalue weighted by Crippen LogP contribution is -2.73. The molecule has 0 heterocycles. The zero-order valence-corrected chi connectivity index (χ0v) is 29.5. The first-order valence-corrected chi connectivity index (χ1v) is 19.1. The van der Waals surface area contributed by atoms with Gasteiger partial charge < -0.3 is 4.90 Å². The highest BCUT2D eigenvalue weighted by atomic mass is 15.1. The lowest BCUT2D eigenvalue weighted by molar-refractivity contribution is -0.231. The minimum absolute atomic E-state index is 0.131. The molecule has 1 heteroatoms. The van der Waals surface area contributed by atoms with Crippen LogP contribution in [0.25, 0.3) is 22.3 Å². The molecule has 6 aliphatic carbocycles. The molecule has 49 heavy (non-hydrogen) atoms. The van der Waals surface area contributed by atoms with Crippen molar-refractivity contribution in [3.8, 4) is 22.3 Å². The first-order chi connectivity index (χ1) is 23.7. The van der Waals surface area contributed by atoms with Crippen molar-refractivity contribution in [1.82, 2.24) is 0 Å². The molecule has 0 aliphatic heterocycles. The van der Waals surface area contributed by atoms with E-state index < -0.39 is 0 Å². The summed E-state index contributed by atoms with van der Waals surface area (Å²) in [4.78, 5) is 2.66. The van der Waals surface area contributed by atoms with Crippen molar-refractivity contribution in [2.75, 3.05) is 4.90 Å². The summed E-state index contributed by atoms with van der Waals surface area (Å²) in [6.07, 6.45) is 8.28. The van der Waals surface area contributed by atoms with Gasteiger partial charge in [0.15, 0.2) is 0 Å². The summed E-state index contributed by atoms with van der Waals surface area (Å²) in [5.74, 6) is 3.46. The summed E-state index contributed by atoms with van der Waals surface area (Å²) in [5, 5.41) is 0. The molecule has 6 unspecified atom stereocenters. The van der Waals surface area contributed by atoms with Gasteiger partial charge in [0.25, 0.3) is 0 Å². The number of nitrogens with zero attached hydrogens (tertiary/aromatic N) is 1. The van der Waals surface area contributed by atoms with Crippen LogP contribution in [0.2, 0.25) is 0 Å². The van der Waals surface area contributed by atoms with Crippen molar-refractivity contribution in [2.24, 2.45) is 29.1 Å². The fourth-order valence-corrected chi connectivity index (χ4v) is 13.1. The lowest BCUT2D eigenvalue weighted by atomic mass is 9.26. The van der Waals surface area contributed by atoms with Crippen molar-refractivity contribution in [1.29, 1.82) is 0 Å². The molecule has 4 saturated carbocycles. The van der Waals surface area contributed by atoms with E-state index in [0.29, 0.717) is 5.41 Å². The topological polar surface area (TPSA) is 3.24 Å². The number of hydrogen-bond acceptors (Lipinski definition) is 1. The second-order valence-electron chi connectivity index (χ2n) is 18.1. The standard InChI is InChI=1S/C48H47N/c1-45(2)23-24-46(3,4)40-28-35(21-22-39(40)45)49(34-19-17-32(18-20-34)31-11-6-5-7-12-31)41-16-10-14-37-36-13-8-9-15-38(36)48(44(37)41)42-26-30-25-33-27-43(48)47(33,42)29-30/h5-22,28,30,33,42-43H,23-27,29H2,1-4H3. The molecule has 6 atom stereocenters. The second-order valence-corrected chi connectivity index (χ2v) is 18.1. The van der Waals surface area contributed by atoms with Gasteiger partial charge in [0.05, 0.1) is 5.69 Å². The molecule has 0 N–H and O–H groups in total. The lowest BCUT2D eigenvalue weighted by Gasteiger charge is -2.76. The third-order valence-corrected chi connectivity index (χ3v) is 15.2. The average molecular weight is 638 g/mol. The molecule has 0 saturated heterocycles. The predicted molar refractivity (Wildman–Crippen MR) is 203 cm³/mol. The molecule has 0 radical (unpaired) electrons. The monoisotopic (exact) mass is 637 g/mol. The highest BCUT2D eigenvalue weighted by Crippen LogP contribution is 2.90. The zero-order chi connectivity index (χ0) is 32.9. The summed E-state index contributed by atoms with van der Waals surface area (Å²) in [6, 6.07) is 44.6. The Balaban J connectivity index is 1.15. The van der Waals surface area contributed by atoms with Crippen molar-refractivity contribution in [3.05, 3.63) is 138 Å². The van der Waals surface area contributed by atoms with E-state index in [9.17, 15) is 0 Å². The normalized spacial score (nSPS) is 31.3. The van der Waals surface area contributed by atoms with E-state index in [4.69, 9.17) is 0 Å². The van der Waals surface area contributed by atoms with Crippen LogP contribution in [0.1, 0.15) is 88.5 Å². The Morgan fingerprint density at radius 2 is 1.22 bits per heavy atom. The minimum atomic E-state index is 0.131. The molecular formula is C48H47N. The molecule has 0 aromatic heterocycles. The zero-order valence-electron chi connectivity index (χ0n) is 29.5. The van der Waals surface area contributed by atoms with Crippen LogP contribution >= 0.6 is 0 Å². The molecule has 1 nitrogen and oxygen atoms in total. The third-order valence-electron chi connectivity index (χ3n) is 15.2. The van der Waals surface area contributed by atoms with Gasteiger partial charge in [0.1, 0.15) is 0 Å². The summed E-state index contributed by atoms with van der Waals surface area (Å²) in [7, 11) is 0. The molecule has 0 amide bonds. The van der Waals surface area contributed by atoms with Crippen molar-refractivity contribution < 1.29 is 0 Å². The van der Waals surface area contributed by atoms with Gasteiger partial charge in [-0.15, -0.1) is 0 Å².